The molecule has 0 N–H and O–H groups in total. The van der Waals surface area contributed by atoms with Crippen LogP contribution >= 0.6 is 0 Å². The molecule has 2 amide bonds. The molecule has 1 aliphatic heterocycles. The molecule has 1 atom stereocenters. The van der Waals surface area contributed by atoms with Gasteiger partial charge in [0.15, 0.2) is 5.69 Å². The number of hydrogen-bond donors (Lipinski definition) is 0. The van der Waals surface area contributed by atoms with Crippen molar-refractivity contribution in [2.75, 3.05) is 23.0 Å². The maximum atomic E-state index is 14.0. The van der Waals surface area contributed by atoms with Gasteiger partial charge in [0.05, 0.1) is 35.1 Å². The lowest BCUT2D eigenvalue weighted by atomic mass is 9.99. The number of aryl methyl sites for hydroxylation is 2. The Kier molecular flexibility index (Phi) is 6.40. The van der Waals surface area contributed by atoms with Gasteiger partial charge in [-0.15, -0.1) is 0 Å². The summed E-state index contributed by atoms with van der Waals surface area (Å²) in [6.45, 7) is 7.41. The summed E-state index contributed by atoms with van der Waals surface area (Å²) in [6, 6.07) is 5.53. The van der Waals surface area contributed by atoms with E-state index in [4.69, 9.17) is 4.74 Å². The SMILES string of the molecule is CCOC(=O)N1c2cc(C)c(C)cc2N(C(=O)c2cc3cnccc3nc2C(F)(F)F)CC1CC. The summed E-state index contributed by atoms with van der Waals surface area (Å²) in [7, 11) is 0. The maximum absolute atomic E-state index is 14.0. The Balaban J connectivity index is 1.91. The molecule has 4 rings (SSSR count). The smallest absolute Gasteiger partial charge is 0.434 e. The van der Waals surface area contributed by atoms with Gasteiger partial charge in [-0.2, -0.15) is 13.2 Å². The van der Waals surface area contributed by atoms with Gasteiger partial charge in [0, 0.05) is 24.3 Å². The number of amides is 2. The Morgan fingerprint density at radius 3 is 2.43 bits per heavy atom. The molecular formula is C25H25F3N4O3. The minimum Gasteiger partial charge on any atom is -0.449 e. The predicted molar refractivity (Wildman–Crippen MR) is 126 cm³/mol. The zero-order chi connectivity index (χ0) is 25.5. The zero-order valence-electron chi connectivity index (χ0n) is 19.8. The van der Waals surface area contributed by atoms with E-state index >= 15 is 0 Å². The summed E-state index contributed by atoms with van der Waals surface area (Å²) in [5.74, 6) is -0.845. The zero-order valence-corrected chi connectivity index (χ0v) is 19.8. The van der Waals surface area contributed by atoms with Gasteiger partial charge in [0.25, 0.3) is 5.91 Å². The average Bonchev–Trinajstić information content (AvgIpc) is 2.82. The predicted octanol–water partition coefficient (Wildman–Crippen LogP) is 5.67. The summed E-state index contributed by atoms with van der Waals surface area (Å²) in [5, 5.41) is 0.321. The molecule has 0 saturated heterocycles. The number of hydrogen-bond acceptors (Lipinski definition) is 5. The molecule has 10 heteroatoms. The molecule has 0 spiro atoms. The van der Waals surface area contributed by atoms with E-state index in [0.717, 1.165) is 11.1 Å². The number of rotatable bonds is 3. The average molecular weight is 486 g/mol. The van der Waals surface area contributed by atoms with Crippen LogP contribution in [0.5, 0.6) is 0 Å². The second kappa shape index (κ2) is 9.16. The molecule has 1 aromatic carbocycles. The molecule has 184 valence electrons. The number of aromatic nitrogens is 2. The highest BCUT2D eigenvalue weighted by Gasteiger charge is 2.42. The van der Waals surface area contributed by atoms with E-state index in [1.807, 2.05) is 20.8 Å². The van der Waals surface area contributed by atoms with Gasteiger partial charge in [-0.25, -0.2) is 9.78 Å². The molecule has 1 unspecified atom stereocenters. The van der Waals surface area contributed by atoms with Gasteiger partial charge < -0.3 is 9.64 Å². The number of nitrogens with zero attached hydrogens (tertiary/aromatic N) is 4. The van der Waals surface area contributed by atoms with E-state index < -0.39 is 35.5 Å². The third-order valence-corrected chi connectivity index (χ3v) is 6.19. The standard InChI is InChI=1S/C25H25F3N4O3/c1-5-17-13-31(20-9-14(3)15(4)10-21(20)32(17)24(34)35-6-2)23(33)18-11-16-12-29-8-7-19(16)30-22(18)25(26,27)28/h7-12,17H,5-6,13H2,1-4H3. The van der Waals surface area contributed by atoms with E-state index in [1.54, 1.807) is 19.1 Å². The monoisotopic (exact) mass is 486 g/mol. The summed E-state index contributed by atoms with van der Waals surface area (Å²) in [6.07, 6.45) is -2.23. The van der Waals surface area contributed by atoms with Gasteiger partial charge in [-0.1, -0.05) is 6.92 Å². The van der Waals surface area contributed by atoms with Crippen molar-refractivity contribution in [2.45, 2.75) is 46.3 Å². The van der Waals surface area contributed by atoms with Gasteiger partial charge in [0.1, 0.15) is 0 Å². The van der Waals surface area contributed by atoms with Gasteiger partial charge in [0.2, 0.25) is 0 Å². The van der Waals surface area contributed by atoms with Gasteiger partial charge >= 0.3 is 12.3 Å². The topological polar surface area (TPSA) is 75.6 Å². The molecular weight excluding hydrogens is 461 g/mol. The summed E-state index contributed by atoms with van der Waals surface area (Å²) >= 11 is 0. The molecule has 0 aliphatic carbocycles. The lowest BCUT2D eigenvalue weighted by Gasteiger charge is -2.42. The Morgan fingerprint density at radius 1 is 1.11 bits per heavy atom. The molecule has 35 heavy (non-hydrogen) atoms. The van der Waals surface area contributed by atoms with Crippen molar-refractivity contribution in [3.63, 3.8) is 0 Å². The molecule has 0 saturated carbocycles. The van der Waals surface area contributed by atoms with Crippen molar-refractivity contribution in [1.82, 2.24) is 9.97 Å². The molecule has 0 fully saturated rings. The number of anilines is 2. The van der Waals surface area contributed by atoms with E-state index in [9.17, 15) is 22.8 Å². The third kappa shape index (κ3) is 4.40. The quantitative estimate of drug-likeness (QED) is 0.477. The fraction of sp³-hybridized carbons (Fsp3) is 0.360. The first kappa shape index (κ1) is 24.4. The second-order valence-corrected chi connectivity index (χ2v) is 8.42. The number of alkyl halides is 3. The first-order valence-electron chi connectivity index (χ1n) is 11.3. The number of pyridine rings is 2. The molecule has 0 radical (unpaired) electrons. The molecule has 3 heterocycles. The fourth-order valence-electron chi connectivity index (χ4n) is 4.27. The Morgan fingerprint density at radius 2 is 1.80 bits per heavy atom. The van der Waals surface area contributed by atoms with Crippen LogP contribution in [0.15, 0.2) is 36.7 Å². The van der Waals surface area contributed by atoms with Crippen LogP contribution in [0.3, 0.4) is 0 Å². The summed E-state index contributed by atoms with van der Waals surface area (Å²) in [5.41, 5.74) is 0.731. The number of benzene rings is 1. The van der Waals surface area contributed by atoms with E-state index in [1.165, 1.54) is 34.3 Å². The summed E-state index contributed by atoms with van der Waals surface area (Å²) < 4.78 is 47.2. The Labute approximate surface area is 200 Å². The normalized spacial score (nSPS) is 15.8. The highest BCUT2D eigenvalue weighted by atomic mass is 19.4. The molecule has 0 bridgehead atoms. The van der Waals surface area contributed by atoms with Crippen molar-refractivity contribution in [3.8, 4) is 0 Å². The van der Waals surface area contributed by atoms with Crippen LogP contribution in [0, 0.1) is 13.8 Å². The summed E-state index contributed by atoms with van der Waals surface area (Å²) in [4.78, 5) is 37.1. The largest absolute Gasteiger partial charge is 0.449 e. The van der Waals surface area contributed by atoms with Crippen molar-refractivity contribution >= 4 is 34.3 Å². The molecule has 1 aliphatic rings. The van der Waals surface area contributed by atoms with Crippen LogP contribution in [0.25, 0.3) is 10.9 Å². The van der Waals surface area contributed by atoms with Crippen molar-refractivity contribution in [3.05, 3.63) is 59.0 Å². The van der Waals surface area contributed by atoms with E-state index in [-0.39, 0.29) is 18.7 Å². The number of carbonyl (C=O) groups excluding carboxylic acids is 2. The van der Waals surface area contributed by atoms with Crippen LogP contribution in [-0.4, -0.2) is 41.2 Å². The van der Waals surface area contributed by atoms with Crippen LogP contribution in [0.1, 0.15) is 47.4 Å². The number of carbonyl (C=O) groups is 2. The van der Waals surface area contributed by atoms with Crippen molar-refractivity contribution in [2.24, 2.45) is 0 Å². The van der Waals surface area contributed by atoms with Crippen LogP contribution < -0.4 is 9.80 Å². The fourth-order valence-corrected chi connectivity index (χ4v) is 4.27. The number of ether oxygens (including phenoxy) is 1. The third-order valence-electron chi connectivity index (χ3n) is 6.19. The van der Waals surface area contributed by atoms with Gasteiger partial charge in [-0.05, 0) is 62.6 Å². The van der Waals surface area contributed by atoms with Crippen LogP contribution in [0.2, 0.25) is 0 Å². The maximum Gasteiger partial charge on any atom is 0.434 e. The second-order valence-electron chi connectivity index (χ2n) is 8.42. The van der Waals surface area contributed by atoms with E-state index in [2.05, 4.69) is 9.97 Å². The van der Waals surface area contributed by atoms with Gasteiger partial charge in [-0.3, -0.25) is 14.7 Å². The first-order chi connectivity index (χ1) is 16.6. The molecule has 2 aromatic heterocycles. The van der Waals surface area contributed by atoms with Crippen LogP contribution in [-0.2, 0) is 10.9 Å². The van der Waals surface area contributed by atoms with Crippen molar-refractivity contribution < 1.29 is 27.5 Å². The van der Waals surface area contributed by atoms with Crippen molar-refractivity contribution in [1.29, 1.82) is 0 Å². The number of fused-ring (bicyclic) bond motifs is 2. The molecule has 3 aromatic rings. The Hall–Kier alpha value is -3.69. The number of halogens is 3. The Bertz CT molecular complexity index is 1310. The lowest BCUT2D eigenvalue weighted by Crippen LogP contribution is -2.53. The van der Waals surface area contributed by atoms with Crippen LogP contribution in [0.4, 0.5) is 29.3 Å². The highest BCUT2D eigenvalue weighted by molar-refractivity contribution is 6.12. The minimum atomic E-state index is -4.84. The highest BCUT2D eigenvalue weighted by Crippen LogP contribution is 2.41. The lowest BCUT2D eigenvalue weighted by molar-refractivity contribution is -0.141. The minimum absolute atomic E-state index is 0.00597. The first-order valence-corrected chi connectivity index (χ1v) is 11.3. The molecule has 7 nitrogen and oxygen atoms in total. The van der Waals surface area contributed by atoms with E-state index in [0.29, 0.717) is 23.2 Å².